The number of aromatic nitrogens is 1. The van der Waals surface area contributed by atoms with Gasteiger partial charge < -0.3 is 10.6 Å². The minimum atomic E-state index is -3.31. The summed E-state index contributed by atoms with van der Waals surface area (Å²) in [5.41, 5.74) is 1.14. The van der Waals surface area contributed by atoms with Gasteiger partial charge in [0.1, 0.15) is 0 Å². The van der Waals surface area contributed by atoms with Crippen molar-refractivity contribution in [3.63, 3.8) is 0 Å². The lowest BCUT2D eigenvalue weighted by Gasteiger charge is -2.06. The van der Waals surface area contributed by atoms with Crippen molar-refractivity contribution in [3.8, 4) is 0 Å². The van der Waals surface area contributed by atoms with E-state index in [1.807, 2.05) is 36.4 Å². The molecule has 0 atom stereocenters. The lowest BCUT2D eigenvalue weighted by atomic mass is 10.1. The first-order valence-corrected chi connectivity index (χ1v) is 12.2. The molecule has 0 aliphatic heterocycles. The zero-order valence-electron chi connectivity index (χ0n) is 16.6. The van der Waals surface area contributed by atoms with Gasteiger partial charge in [0.15, 0.2) is 15.0 Å². The molecule has 7 nitrogen and oxygen atoms in total. The highest BCUT2D eigenvalue weighted by atomic mass is 32.2. The molecule has 31 heavy (non-hydrogen) atoms. The molecule has 0 radical (unpaired) electrons. The van der Waals surface area contributed by atoms with Gasteiger partial charge in [0.2, 0.25) is 5.91 Å². The van der Waals surface area contributed by atoms with Gasteiger partial charge in [-0.2, -0.15) is 0 Å². The lowest BCUT2D eigenvalue weighted by molar-refractivity contribution is -0.116. The SMILES string of the molecule is CS(=O)(=O)c1ccc2nc(NC(=O)CCNC(=O)c3ccc4ccccc4c3)sc2c1. The number of sulfone groups is 1. The van der Waals surface area contributed by atoms with Gasteiger partial charge >= 0.3 is 0 Å². The van der Waals surface area contributed by atoms with Gasteiger partial charge in [0.05, 0.1) is 15.1 Å². The predicted octanol–water partition coefficient (Wildman–Crippen LogP) is 3.61. The fourth-order valence-electron chi connectivity index (χ4n) is 3.09. The summed E-state index contributed by atoms with van der Waals surface area (Å²) in [6, 6.07) is 17.9. The number of hydrogen-bond donors (Lipinski definition) is 2. The molecule has 1 aromatic heterocycles. The van der Waals surface area contributed by atoms with E-state index in [1.165, 1.54) is 17.4 Å². The molecule has 9 heteroatoms. The van der Waals surface area contributed by atoms with Crippen molar-refractivity contribution in [3.05, 3.63) is 66.2 Å². The minimum Gasteiger partial charge on any atom is -0.352 e. The van der Waals surface area contributed by atoms with Gasteiger partial charge in [-0.05, 0) is 41.1 Å². The van der Waals surface area contributed by atoms with Gasteiger partial charge in [-0.15, -0.1) is 0 Å². The van der Waals surface area contributed by atoms with E-state index in [0.29, 0.717) is 20.9 Å². The van der Waals surface area contributed by atoms with Crippen LogP contribution in [-0.2, 0) is 14.6 Å². The number of nitrogens with one attached hydrogen (secondary N) is 2. The quantitative estimate of drug-likeness (QED) is 0.464. The lowest BCUT2D eigenvalue weighted by Crippen LogP contribution is -2.27. The van der Waals surface area contributed by atoms with Gasteiger partial charge in [0.25, 0.3) is 5.91 Å². The summed E-state index contributed by atoms with van der Waals surface area (Å²) in [6.45, 7) is 0.181. The minimum absolute atomic E-state index is 0.0871. The van der Waals surface area contributed by atoms with Crippen molar-refractivity contribution < 1.29 is 18.0 Å². The smallest absolute Gasteiger partial charge is 0.251 e. The van der Waals surface area contributed by atoms with Crippen LogP contribution >= 0.6 is 11.3 Å². The number of fused-ring (bicyclic) bond motifs is 2. The third-order valence-corrected chi connectivity index (χ3v) is 6.73. The number of benzene rings is 3. The first-order chi connectivity index (χ1) is 14.8. The van der Waals surface area contributed by atoms with Crippen molar-refractivity contribution in [2.75, 3.05) is 18.1 Å². The molecule has 0 aliphatic rings. The fourth-order valence-corrected chi connectivity index (χ4v) is 4.74. The summed E-state index contributed by atoms with van der Waals surface area (Å²) in [7, 11) is -3.31. The number of thiazole rings is 1. The third kappa shape index (κ3) is 4.89. The molecular formula is C22H19N3O4S2. The molecule has 0 aliphatic carbocycles. The Morgan fingerprint density at radius 1 is 1.00 bits per heavy atom. The van der Waals surface area contributed by atoms with Gasteiger partial charge in [-0.25, -0.2) is 13.4 Å². The molecule has 1 heterocycles. The Kier molecular flexibility index (Phi) is 5.71. The van der Waals surface area contributed by atoms with Crippen LogP contribution in [0.4, 0.5) is 5.13 Å². The predicted molar refractivity (Wildman–Crippen MR) is 122 cm³/mol. The standard InChI is InChI=1S/C22H19N3O4S2/c1-31(28,29)17-8-9-18-19(13-17)30-22(24-18)25-20(26)10-11-23-21(27)16-7-6-14-4-2-3-5-15(14)12-16/h2-9,12-13H,10-11H2,1H3,(H,23,27)(H,24,25,26). The number of nitrogens with zero attached hydrogens (tertiary/aromatic N) is 1. The van der Waals surface area contributed by atoms with Crippen LogP contribution < -0.4 is 10.6 Å². The molecule has 0 saturated heterocycles. The molecule has 0 saturated carbocycles. The maximum Gasteiger partial charge on any atom is 0.251 e. The van der Waals surface area contributed by atoms with Crippen LogP contribution in [0.5, 0.6) is 0 Å². The van der Waals surface area contributed by atoms with Crippen molar-refractivity contribution in [1.29, 1.82) is 0 Å². The van der Waals surface area contributed by atoms with Gasteiger partial charge in [-0.3, -0.25) is 9.59 Å². The average molecular weight is 454 g/mol. The van der Waals surface area contributed by atoms with Gasteiger partial charge in [0, 0.05) is 24.8 Å². The zero-order chi connectivity index (χ0) is 22.0. The highest BCUT2D eigenvalue weighted by Crippen LogP contribution is 2.28. The molecule has 2 N–H and O–H groups in total. The van der Waals surface area contributed by atoms with Crippen molar-refractivity contribution in [2.45, 2.75) is 11.3 Å². The normalized spacial score (nSPS) is 11.5. The summed E-state index contributed by atoms with van der Waals surface area (Å²) >= 11 is 1.20. The maximum atomic E-state index is 12.4. The van der Waals surface area contributed by atoms with Crippen molar-refractivity contribution in [1.82, 2.24) is 10.3 Å². The summed E-state index contributed by atoms with van der Waals surface area (Å²) in [6.07, 6.45) is 1.23. The summed E-state index contributed by atoms with van der Waals surface area (Å²) < 4.78 is 24.0. The van der Waals surface area contributed by atoms with E-state index in [4.69, 9.17) is 0 Å². The van der Waals surface area contributed by atoms with Crippen LogP contribution in [0.1, 0.15) is 16.8 Å². The number of carbonyl (C=O) groups is 2. The number of carbonyl (C=O) groups excluding carboxylic acids is 2. The van der Waals surface area contributed by atoms with E-state index in [-0.39, 0.29) is 29.7 Å². The maximum absolute atomic E-state index is 12.4. The number of hydrogen-bond acceptors (Lipinski definition) is 6. The average Bonchev–Trinajstić information content (AvgIpc) is 3.14. The number of anilines is 1. The van der Waals surface area contributed by atoms with Crippen LogP contribution in [0.25, 0.3) is 21.0 Å². The second-order valence-electron chi connectivity index (χ2n) is 7.04. The third-order valence-electron chi connectivity index (χ3n) is 4.68. The van der Waals surface area contributed by atoms with Crippen LogP contribution in [0.2, 0.25) is 0 Å². The Labute approximate surface area is 183 Å². The van der Waals surface area contributed by atoms with Crippen LogP contribution in [0.15, 0.2) is 65.6 Å². The molecular weight excluding hydrogens is 434 g/mol. The Bertz CT molecular complexity index is 1410. The molecule has 158 valence electrons. The Morgan fingerprint density at radius 2 is 1.77 bits per heavy atom. The molecule has 2 amide bonds. The Balaban J connectivity index is 1.34. The molecule has 0 bridgehead atoms. The summed E-state index contributed by atoms with van der Waals surface area (Å²) in [5, 5.41) is 7.85. The van der Waals surface area contributed by atoms with E-state index in [9.17, 15) is 18.0 Å². The molecule has 3 aromatic carbocycles. The summed E-state index contributed by atoms with van der Waals surface area (Å²) in [5.74, 6) is -0.534. The number of amides is 2. The Morgan fingerprint density at radius 3 is 2.55 bits per heavy atom. The number of rotatable bonds is 6. The zero-order valence-corrected chi connectivity index (χ0v) is 18.2. The van der Waals surface area contributed by atoms with Crippen LogP contribution in [0, 0.1) is 0 Å². The molecule has 4 rings (SSSR count). The largest absolute Gasteiger partial charge is 0.352 e. The first-order valence-electron chi connectivity index (χ1n) is 9.47. The van der Waals surface area contributed by atoms with Crippen molar-refractivity contribution in [2.24, 2.45) is 0 Å². The first kappa shape index (κ1) is 21.0. The Hall–Kier alpha value is -3.30. The van der Waals surface area contributed by atoms with Crippen molar-refractivity contribution >= 4 is 59.1 Å². The van der Waals surface area contributed by atoms with E-state index in [2.05, 4.69) is 15.6 Å². The second kappa shape index (κ2) is 8.44. The molecule has 0 spiro atoms. The topological polar surface area (TPSA) is 105 Å². The van der Waals surface area contributed by atoms with E-state index >= 15 is 0 Å². The molecule has 0 unspecified atom stereocenters. The highest BCUT2D eigenvalue weighted by Gasteiger charge is 2.13. The summed E-state index contributed by atoms with van der Waals surface area (Å²) in [4.78, 5) is 29.1. The van der Waals surface area contributed by atoms with E-state index < -0.39 is 9.84 Å². The van der Waals surface area contributed by atoms with Gasteiger partial charge in [-0.1, -0.05) is 41.7 Å². The van der Waals surface area contributed by atoms with Crippen LogP contribution in [0.3, 0.4) is 0 Å². The second-order valence-corrected chi connectivity index (χ2v) is 10.1. The monoisotopic (exact) mass is 453 g/mol. The molecule has 4 aromatic rings. The van der Waals surface area contributed by atoms with Crippen LogP contribution in [-0.4, -0.2) is 38.0 Å². The van der Waals surface area contributed by atoms with E-state index in [1.54, 1.807) is 18.2 Å². The fraction of sp³-hybridized carbons (Fsp3) is 0.136. The molecule has 0 fully saturated rings. The highest BCUT2D eigenvalue weighted by molar-refractivity contribution is 7.90. The van der Waals surface area contributed by atoms with E-state index in [0.717, 1.165) is 17.0 Å².